The van der Waals surface area contributed by atoms with Crippen molar-refractivity contribution in [3.8, 4) is 0 Å². The fourth-order valence-electron chi connectivity index (χ4n) is 1.88. The van der Waals surface area contributed by atoms with E-state index in [0.29, 0.717) is 20.7 Å². The third-order valence-electron chi connectivity index (χ3n) is 3.09. The van der Waals surface area contributed by atoms with Crippen molar-refractivity contribution in [1.82, 2.24) is 16.2 Å². The number of nitrogens with one attached hydrogen (secondary N) is 3. The first-order valence-electron chi connectivity index (χ1n) is 6.83. The van der Waals surface area contributed by atoms with Gasteiger partial charge in [0.1, 0.15) is 0 Å². The summed E-state index contributed by atoms with van der Waals surface area (Å²) in [5, 5.41) is 4.55. The van der Waals surface area contributed by atoms with Crippen molar-refractivity contribution in [2.75, 3.05) is 0 Å². The number of amides is 1. The highest BCUT2D eigenvalue weighted by atomic mass is 35.5. The van der Waals surface area contributed by atoms with Crippen LogP contribution < -0.4 is 16.2 Å². The Bertz CT molecular complexity index is 707. The van der Waals surface area contributed by atoms with Crippen LogP contribution in [0.5, 0.6) is 0 Å². The van der Waals surface area contributed by atoms with Crippen molar-refractivity contribution in [2.45, 2.75) is 13.0 Å². The van der Waals surface area contributed by atoms with Crippen molar-refractivity contribution in [1.29, 1.82) is 0 Å². The van der Waals surface area contributed by atoms with Gasteiger partial charge in [-0.05, 0) is 55.0 Å². The van der Waals surface area contributed by atoms with Crippen LogP contribution in [0.25, 0.3) is 0 Å². The molecule has 23 heavy (non-hydrogen) atoms. The lowest BCUT2D eigenvalue weighted by Crippen LogP contribution is -2.47. The molecule has 1 atom stereocenters. The average molecular weight is 368 g/mol. The van der Waals surface area contributed by atoms with Crippen LogP contribution in [0.3, 0.4) is 0 Å². The average Bonchev–Trinajstić information content (AvgIpc) is 2.53. The van der Waals surface area contributed by atoms with Crippen LogP contribution in [-0.2, 0) is 0 Å². The second-order valence-corrected chi connectivity index (χ2v) is 6.12. The standard InChI is InChI=1S/C16H15Cl2N3OS/c1-10(11-5-7-13(17)8-6-11)19-16(23)21-20-15(22)12-3-2-4-14(18)9-12/h2-10H,1H3,(H,20,22)(H2,19,21,23)/t10-/m0/s1. The Morgan fingerprint density at radius 3 is 2.39 bits per heavy atom. The molecule has 4 nitrogen and oxygen atoms in total. The maximum Gasteiger partial charge on any atom is 0.269 e. The number of hydrogen-bond donors (Lipinski definition) is 3. The van der Waals surface area contributed by atoms with Crippen molar-refractivity contribution < 1.29 is 4.79 Å². The molecule has 0 fully saturated rings. The minimum absolute atomic E-state index is 0.0321. The summed E-state index contributed by atoms with van der Waals surface area (Å²) in [5.41, 5.74) is 6.65. The van der Waals surface area contributed by atoms with E-state index in [0.717, 1.165) is 5.56 Å². The van der Waals surface area contributed by atoms with E-state index in [9.17, 15) is 4.79 Å². The van der Waals surface area contributed by atoms with Crippen LogP contribution in [0.2, 0.25) is 10.0 Å². The second-order valence-electron chi connectivity index (χ2n) is 4.84. The third-order valence-corrected chi connectivity index (χ3v) is 3.80. The maximum absolute atomic E-state index is 12.0. The Balaban J connectivity index is 1.85. The molecule has 0 bridgehead atoms. The third kappa shape index (κ3) is 5.39. The van der Waals surface area contributed by atoms with Crippen molar-refractivity contribution >= 4 is 46.4 Å². The van der Waals surface area contributed by atoms with Crippen LogP contribution >= 0.6 is 35.4 Å². The van der Waals surface area contributed by atoms with E-state index in [2.05, 4.69) is 16.2 Å². The minimum atomic E-state index is -0.323. The van der Waals surface area contributed by atoms with E-state index >= 15 is 0 Å². The molecular formula is C16H15Cl2N3OS. The Morgan fingerprint density at radius 1 is 1.04 bits per heavy atom. The van der Waals surface area contributed by atoms with Gasteiger partial charge >= 0.3 is 0 Å². The molecule has 2 aromatic carbocycles. The first-order chi connectivity index (χ1) is 11.0. The Labute approximate surface area is 150 Å². The molecule has 120 valence electrons. The smallest absolute Gasteiger partial charge is 0.269 e. The Morgan fingerprint density at radius 2 is 1.74 bits per heavy atom. The van der Waals surface area contributed by atoms with E-state index < -0.39 is 0 Å². The molecule has 1 amide bonds. The molecule has 0 aromatic heterocycles. The minimum Gasteiger partial charge on any atom is -0.355 e. The summed E-state index contributed by atoms with van der Waals surface area (Å²) in [7, 11) is 0. The summed E-state index contributed by atoms with van der Waals surface area (Å²) in [6.45, 7) is 1.95. The van der Waals surface area contributed by atoms with E-state index in [4.69, 9.17) is 35.4 Å². The quantitative estimate of drug-likeness (QED) is 0.569. The highest BCUT2D eigenvalue weighted by molar-refractivity contribution is 7.80. The molecule has 7 heteroatoms. The zero-order valence-electron chi connectivity index (χ0n) is 12.3. The number of halogens is 2. The second kappa shape index (κ2) is 8.15. The SMILES string of the molecule is C[C@H](NC(=S)NNC(=O)c1cccc(Cl)c1)c1ccc(Cl)cc1. The topological polar surface area (TPSA) is 53.2 Å². The van der Waals surface area contributed by atoms with Gasteiger partial charge in [0, 0.05) is 15.6 Å². The summed E-state index contributed by atoms with van der Waals surface area (Å²) < 4.78 is 0. The number of benzene rings is 2. The number of thiocarbonyl (C=S) groups is 1. The van der Waals surface area contributed by atoms with Gasteiger partial charge in [-0.1, -0.05) is 41.4 Å². The van der Waals surface area contributed by atoms with Crippen LogP contribution in [0, 0.1) is 0 Å². The van der Waals surface area contributed by atoms with Gasteiger partial charge in [0.25, 0.3) is 5.91 Å². The van der Waals surface area contributed by atoms with Crippen LogP contribution in [-0.4, -0.2) is 11.0 Å². The molecule has 0 aliphatic carbocycles. The van der Waals surface area contributed by atoms with E-state index in [1.165, 1.54) is 0 Å². The van der Waals surface area contributed by atoms with Crippen LogP contribution in [0.15, 0.2) is 48.5 Å². The lowest BCUT2D eigenvalue weighted by molar-refractivity contribution is 0.0943. The van der Waals surface area contributed by atoms with Crippen LogP contribution in [0.4, 0.5) is 0 Å². The predicted octanol–water partition coefficient (Wildman–Crippen LogP) is 3.86. The number of carbonyl (C=O) groups is 1. The lowest BCUT2D eigenvalue weighted by atomic mass is 10.1. The molecule has 0 saturated heterocycles. The summed E-state index contributed by atoms with van der Waals surface area (Å²) in [6.07, 6.45) is 0. The lowest BCUT2D eigenvalue weighted by Gasteiger charge is -2.17. The van der Waals surface area contributed by atoms with Gasteiger partial charge in [-0.15, -0.1) is 0 Å². The molecule has 0 aliphatic rings. The molecular weight excluding hydrogens is 353 g/mol. The number of rotatable bonds is 3. The monoisotopic (exact) mass is 367 g/mol. The van der Waals surface area contributed by atoms with Crippen LogP contribution in [0.1, 0.15) is 28.9 Å². The van der Waals surface area contributed by atoms with Crippen molar-refractivity contribution in [3.05, 3.63) is 69.7 Å². The fraction of sp³-hybridized carbons (Fsp3) is 0.125. The maximum atomic E-state index is 12.0. The van der Waals surface area contributed by atoms with Crippen molar-refractivity contribution in [2.24, 2.45) is 0 Å². The summed E-state index contributed by atoms with van der Waals surface area (Å²) in [5.74, 6) is -0.323. The number of hydrogen-bond acceptors (Lipinski definition) is 2. The summed E-state index contributed by atoms with van der Waals surface area (Å²) in [4.78, 5) is 12.0. The zero-order valence-corrected chi connectivity index (χ0v) is 14.6. The normalized spacial score (nSPS) is 11.4. The summed E-state index contributed by atoms with van der Waals surface area (Å²) in [6, 6.07) is 14.1. The van der Waals surface area contributed by atoms with Gasteiger partial charge < -0.3 is 5.32 Å². The van der Waals surface area contributed by atoms with Gasteiger partial charge in [0.05, 0.1) is 6.04 Å². The first kappa shape index (κ1) is 17.5. The Kier molecular flexibility index (Phi) is 6.21. The predicted molar refractivity (Wildman–Crippen MR) is 97.7 cm³/mol. The van der Waals surface area contributed by atoms with Gasteiger partial charge in [-0.2, -0.15) is 0 Å². The van der Waals surface area contributed by atoms with E-state index in [1.54, 1.807) is 24.3 Å². The number of hydrazine groups is 1. The fourth-order valence-corrected chi connectivity index (χ4v) is 2.43. The highest BCUT2D eigenvalue weighted by Gasteiger charge is 2.09. The molecule has 2 aromatic rings. The molecule has 0 unspecified atom stereocenters. The van der Waals surface area contributed by atoms with E-state index in [-0.39, 0.29) is 11.9 Å². The summed E-state index contributed by atoms with van der Waals surface area (Å²) >= 11 is 16.9. The zero-order chi connectivity index (χ0) is 16.8. The number of carbonyl (C=O) groups excluding carboxylic acids is 1. The van der Waals surface area contributed by atoms with Gasteiger partial charge in [0.2, 0.25) is 0 Å². The van der Waals surface area contributed by atoms with Gasteiger partial charge in [-0.3, -0.25) is 15.6 Å². The molecule has 0 aliphatic heterocycles. The largest absolute Gasteiger partial charge is 0.355 e. The van der Waals surface area contributed by atoms with Gasteiger partial charge in [-0.25, -0.2) is 0 Å². The molecule has 0 radical (unpaired) electrons. The molecule has 0 heterocycles. The highest BCUT2D eigenvalue weighted by Crippen LogP contribution is 2.15. The molecule has 2 rings (SSSR count). The molecule has 0 spiro atoms. The first-order valence-corrected chi connectivity index (χ1v) is 8.00. The molecule has 0 saturated carbocycles. The van der Waals surface area contributed by atoms with Gasteiger partial charge in [0.15, 0.2) is 5.11 Å². The molecule has 3 N–H and O–H groups in total. The van der Waals surface area contributed by atoms with E-state index in [1.807, 2.05) is 31.2 Å². The Hall–Kier alpha value is -1.82. The van der Waals surface area contributed by atoms with Crippen molar-refractivity contribution in [3.63, 3.8) is 0 Å².